The van der Waals surface area contributed by atoms with E-state index in [0.717, 1.165) is 30.5 Å². The van der Waals surface area contributed by atoms with E-state index in [1.807, 2.05) is 18.2 Å². The molecule has 1 aromatic carbocycles. The molecule has 31 heavy (non-hydrogen) atoms. The lowest BCUT2D eigenvalue weighted by atomic mass is 9.66. The highest BCUT2D eigenvalue weighted by atomic mass is 16.5. The van der Waals surface area contributed by atoms with E-state index in [0.29, 0.717) is 25.3 Å². The Morgan fingerprint density at radius 3 is 2.48 bits per heavy atom. The maximum Gasteiger partial charge on any atom is 0.213 e. The van der Waals surface area contributed by atoms with E-state index in [1.165, 1.54) is 5.56 Å². The van der Waals surface area contributed by atoms with E-state index in [1.54, 1.807) is 7.11 Å². The second kappa shape index (κ2) is 9.27. The topological polar surface area (TPSA) is 71.8 Å². The van der Waals surface area contributed by atoms with Gasteiger partial charge in [-0.3, -0.25) is 0 Å². The molecule has 0 spiro atoms. The van der Waals surface area contributed by atoms with Crippen LogP contribution in [0.2, 0.25) is 0 Å². The molecule has 2 aliphatic carbocycles. The molecule has 0 amide bonds. The number of fused-ring (bicyclic) bond motifs is 1. The SMILES string of the molecule is COc1ccc2c(n1)CCC(O)C2CO[C@@H]1CC[C@@H](C(C)(C)c2ccccc2)[C@H](O)C1. The third-order valence-electron chi connectivity index (χ3n) is 7.46. The van der Waals surface area contributed by atoms with Crippen molar-refractivity contribution in [2.45, 2.75) is 75.6 Å². The zero-order valence-corrected chi connectivity index (χ0v) is 18.8. The number of methoxy groups -OCH3 is 1. The first kappa shape index (κ1) is 22.3. The van der Waals surface area contributed by atoms with Crippen LogP contribution < -0.4 is 4.74 Å². The second-order valence-corrected chi connectivity index (χ2v) is 9.63. The van der Waals surface area contributed by atoms with Crippen LogP contribution in [0.4, 0.5) is 0 Å². The molecule has 2 aromatic rings. The van der Waals surface area contributed by atoms with Crippen molar-refractivity contribution in [1.29, 1.82) is 0 Å². The van der Waals surface area contributed by atoms with Gasteiger partial charge in [-0.25, -0.2) is 4.98 Å². The van der Waals surface area contributed by atoms with Crippen LogP contribution in [0.25, 0.3) is 0 Å². The Morgan fingerprint density at radius 2 is 1.77 bits per heavy atom. The molecule has 2 aliphatic rings. The van der Waals surface area contributed by atoms with Gasteiger partial charge >= 0.3 is 0 Å². The first-order valence-electron chi connectivity index (χ1n) is 11.5. The largest absolute Gasteiger partial charge is 0.481 e. The highest BCUT2D eigenvalue weighted by Crippen LogP contribution is 2.42. The van der Waals surface area contributed by atoms with Crippen LogP contribution in [-0.2, 0) is 16.6 Å². The zero-order valence-electron chi connectivity index (χ0n) is 18.8. The molecule has 0 bridgehead atoms. The molecule has 2 N–H and O–H groups in total. The number of hydrogen-bond acceptors (Lipinski definition) is 5. The van der Waals surface area contributed by atoms with E-state index in [2.05, 4.69) is 43.1 Å². The average molecular weight is 426 g/mol. The van der Waals surface area contributed by atoms with Gasteiger partial charge in [-0.2, -0.15) is 0 Å². The van der Waals surface area contributed by atoms with Crippen molar-refractivity contribution < 1.29 is 19.7 Å². The van der Waals surface area contributed by atoms with Crippen LogP contribution in [0.15, 0.2) is 42.5 Å². The van der Waals surface area contributed by atoms with Gasteiger partial charge in [-0.05, 0) is 54.6 Å². The number of aliphatic hydroxyl groups is 2. The van der Waals surface area contributed by atoms with Gasteiger partial charge in [0.2, 0.25) is 5.88 Å². The fourth-order valence-electron chi connectivity index (χ4n) is 5.46. The highest BCUT2D eigenvalue weighted by Gasteiger charge is 2.41. The Hall–Kier alpha value is -1.95. The summed E-state index contributed by atoms with van der Waals surface area (Å²) in [6.07, 6.45) is 3.11. The van der Waals surface area contributed by atoms with Gasteiger partial charge in [0, 0.05) is 17.7 Å². The van der Waals surface area contributed by atoms with E-state index in [9.17, 15) is 10.2 Å². The van der Waals surface area contributed by atoms with Crippen LogP contribution in [0.3, 0.4) is 0 Å². The number of aryl methyl sites for hydroxylation is 1. The lowest BCUT2D eigenvalue weighted by molar-refractivity contribution is -0.0658. The molecule has 1 heterocycles. The maximum atomic E-state index is 11.0. The Labute approximate surface area is 185 Å². The predicted octanol–water partition coefficient (Wildman–Crippen LogP) is 4.00. The molecule has 1 fully saturated rings. The molecule has 0 saturated heterocycles. The highest BCUT2D eigenvalue weighted by molar-refractivity contribution is 5.32. The average Bonchev–Trinajstić information content (AvgIpc) is 2.78. The second-order valence-electron chi connectivity index (χ2n) is 9.63. The molecule has 1 saturated carbocycles. The summed E-state index contributed by atoms with van der Waals surface area (Å²) in [5, 5.41) is 21.6. The van der Waals surface area contributed by atoms with E-state index in [4.69, 9.17) is 9.47 Å². The van der Waals surface area contributed by atoms with Crippen molar-refractivity contribution >= 4 is 0 Å². The van der Waals surface area contributed by atoms with Crippen LogP contribution in [0, 0.1) is 5.92 Å². The monoisotopic (exact) mass is 425 g/mol. The Balaban J connectivity index is 1.38. The minimum Gasteiger partial charge on any atom is -0.481 e. The van der Waals surface area contributed by atoms with Crippen LogP contribution in [-0.4, -0.2) is 47.2 Å². The number of nitrogens with zero attached hydrogens (tertiary/aromatic N) is 1. The molecule has 0 aliphatic heterocycles. The molecule has 4 rings (SSSR count). The molecule has 0 radical (unpaired) electrons. The molecule has 168 valence electrons. The molecule has 5 nitrogen and oxygen atoms in total. The summed E-state index contributed by atoms with van der Waals surface area (Å²) >= 11 is 0. The minimum atomic E-state index is -0.430. The van der Waals surface area contributed by atoms with Crippen LogP contribution >= 0.6 is 0 Å². The van der Waals surface area contributed by atoms with E-state index < -0.39 is 12.2 Å². The minimum absolute atomic E-state index is 0.0154. The third-order valence-corrected chi connectivity index (χ3v) is 7.46. The van der Waals surface area contributed by atoms with Crippen molar-refractivity contribution in [2.75, 3.05) is 13.7 Å². The summed E-state index contributed by atoms with van der Waals surface area (Å²) < 4.78 is 11.5. The quantitative estimate of drug-likeness (QED) is 0.732. The number of benzene rings is 1. The van der Waals surface area contributed by atoms with Crippen molar-refractivity contribution in [3.05, 3.63) is 59.3 Å². The van der Waals surface area contributed by atoms with Gasteiger partial charge in [0.1, 0.15) is 0 Å². The van der Waals surface area contributed by atoms with Crippen molar-refractivity contribution in [3.8, 4) is 5.88 Å². The maximum absolute atomic E-state index is 11.0. The first-order valence-corrected chi connectivity index (χ1v) is 11.5. The lowest BCUT2D eigenvalue weighted by Crippen LogP contribution is -2.44. The normalized spacial score (nSPS) is 28.7. The number of rotatable bonds is 6. The Bertz CT molecular complexity index is 869. The van der Waals surface area contributed by atoms with Crippen molar-refractivity contribution in [2.24, 2.45) is 5.92 Å². The molecular weight excluding hydrogens is 390 g/mol. The Kier molecular flexibility index (Phi) is 6.65. The number of pyridine rings is 1. The van der Waals surface area contributed by atoms with Crippen molar-refractivity contribution in [1.82, 2.24) is 4.98 Å². The molecule has 1 aromatic heterocycles. The fourth-order valence-corrected chi connectivity index (χ4v) is 5.46. The zero-order chi connectivity index (χ0) is 22.0. The third kappa shape index (κ3) is 4.64. The van der Waals surface area contributed by atoms with Gasteiger partial charge in [-0.1, -0.05) is 50.2 Å². The smallest absolute Gasteiger partial charge is 0.213 e. The van der Waals surface area contributed by atoms with E-state index >= 15 is 0 Å². The van der Waals surface area contributed by atoms with Crippen molar-refractivity contribution in [3.63, 3.8) is 0 Å². The van der Waals surface area contributed by atoms with Gasteiger partial charge in [0.15, 0.2) is 0 Å². The number of aromatic nitrogens is 1. The summed E-state index contributed by atoms with van der Waals surface area (Å²) in [5.74, 6) is 0.725. The summed E-state index contributed by atoms with van der Waals surface area (Å²) in [7, 11) is 1.62. The van der Waals surface area contributed by atoms with Gasteiger partial charge in [-0.15, -0.1) is 0 Å². The summed E-state index contributed by atoms with van der Waals surface area (Å²) in [6.45, 7) is 4.91. The summed E-state index contributed by atoms with van der Waals surface area (Å²) in [4.78, 5) is 4.56. The van der Waals surface area contributed by atoms with Gasteiger partial charge in [0.25, 0.3) is 0 Å². The first-order chi connectivity index (χ1) is 14.9. The molecular formula is C26H35NO4. The molecule has 5 heteroatoms. The van der Waals surface area contributed by atoms with Crippen LogP contribution in [0.5, 0.6) is 5.88 Å². The number of ether oxygens (including phenoxy) is 2. The predicted molar refractivity (Wildman–Crippen MR) is 120 cm³/mol. The molecule has 2 unspecified atom stereocenters. The Morgan fingerprint density at radius 1 is 1.00 bits per heavy atom. The molecule has 5 atom stereocenters. The number of aliphatic hydroxyl groups excluding tert-OH is 2. The standard InChI is InChI=1S/C26H35NO4/c1-26(2,17-7-5-4-6-8-17)21-11-9-18(15-24(21)29)31-16-20-19-10-14-25(30-3)27-22(19)12-13-23(20)28/h4-8,10,14,18,20-21,23-24,28-29H,9,11-13,15-16H2,1-3H3/t18-,20?,21-,23?,24-/m1/s1. The van der Waals surface area contributed by atoms with Gasteiger partial charge < -0.3 is 19.7 Å². The van der Waals surface area contributed by atoms with E-state index in [-0.39, 0.29) is 23.4 Å². The lowest BCUT2D eigenvalue weighted by Gasteiger charge is -2.43. The fraction of sp³-hybridized carbons (Fsp3) is 0.577. The van der Waals surface area contributed by atoms with Crippen LogP contribution in [0.1, 0.15) is 62.3 Å². The number of hydrogen-bond donors (Lipinski definition) is 2. The summed E-state index contributed by atoms with van der Waals surface area (Å²) in [5.41, 5.74) is 3.23. The summed E-state index contributed by atoms with van der Waals surface area (Å²) in [6, 6.07) is 14.3. The van der Waals surface area contributed by atoms with Gasteiger partial charge in [0.05, 0.1) is 32.0 Å².